The summed E-state index contributed by atoms with van der Waals surface area (Å²) in [6, 6.07) is 0. The van der Waals surface area contributed by atoms with E-state index in [4.69, 9.17) is 0 Å². The van der Waals surface area contributed by atoms with E-state index in [1.54, 1.807) is 0 Å². The van der Waals surface area contributed by atoms with Crippen LogP contribution < -0.4 is 0 Å². The molecule has 0 aromatic carbocycles. The second kappa shape index (κ2) is 6.56. The smallest absolute Gasteiger partial charge is 0.132 e. The van der Waals surface area contributed by atoms with Gasteiger partial charge in [-0.3, -0.25) is 4.79 Å². The second-order valence-corrected chi connectivity index (χ2v) is 6.30. The number of Topliss-reactive ketones (excluding diaryl/α,β-unsaturated/α-hetero) is 1. The first-order valence-corrected chi connectivity index (χ1v) is 7.81. The van der Waals surface area contributed by atoms with Gasteiger partial charge in [-0.2, -0.15) is 0 Å². The summed E-state index contributed by atoms with van der Waals surface area (Å²) in [6.45, 7) is 2.30. The Labute approximate surface area is 106 Å². The summed E-state index contributed by atoms with van der Waals surface area (Å²) in [4.78, 5) is 11.3. The van der Waals surface area contributed by atoms with Gasteiger partial charge in [0.2, 0.25) is 0 Å². The maximum absolute atomic E-state index is 11.3. The van der Waals surface area contributed by atoms with Gasteiger partial charge < -0.3 is 0 Å². The van der Waals surface area contributed by atoms with E-state index in [0.29, 0.717) is 5.78 Å². The number of carbonyl (C=O) groups is 1. The number of hydrogen-bond donors (Lipinski definition) is 0. The predicted octanol–water partition coefficient (Wildman–Crippen LogP) is 4.74. The van der Waals surface area contributed by atoms with E-state index in [9.17, 15) is 4.79 Å². The topological polar surface area (TPSA) is 17.1 Å². The fourth-order valence-corrected chi connectivity index (χ4v) is 3.87. The van der Waals surface area contributed by atoms with E-state index in [2.05, 4.69) is 6.92 Å². The molecule has 0 bridgehead atoms. The van der Waals surface area contributed by atoms with Crippen LogP contribution in [0, 0.1) is 17.8 Å². The first-order chi connectivity index (χ1) is 8.29. The highest BCUT2D eigenvalue weighted by molar-refractivity contribution is 5.79. The highest BCUT2D eigenvalue weighted by Crippen LogP contribution is 2.40. The Bertz CT molecular complexity index is 228. The van der Waals surface area contributed by atoms with Gasteiger partial charge in [-0.15, -0.1) is 0 Å². The molecule has 2 rings (SSSR count). The lowest BCUT2D eigenvalue weighted by Gasteiger charge is -2.35. The van der Waals surface area contributed by atoms with Crippen molar-refractivity contribution in [2.24, 2.45) is 17.8 Å². The molecule has 0 heterocycles. The van der Waals surface area contributed by atoms with Gasteiger partial charge in [-0.05, 0) is 43.4 Å². The van der Waals surface area contributed by atoms with Crippen LogP contribution in [0.5, 0.6) is 0 Å². The van der Waals surface area contributed by atoms with E-state index >= 15 is 0 Å². The average Bonchev–Trinajstić information content (AvgIpc) is 2.38. The Kier molecular flexibility index (Phi) is 5.06. The molecule has 0 unspecified atom stereocenters. The van der Waals surface area contributed by atoms with Crippen molar-refractivity contribution >= 4 is 5.78 Å². The molecular formula is C16H28O. The Morgan fingerprint density at radius 1 is 0.941 bits per heavy atom. The monoisotopic (exact) mass is 236 g/mol. The third-order valence-corrected chi connectivity index (χ3v) is 5.11. The Morgan fingerprint density at radius 3 is 2.12 bits per heavy atom. The molecule has 1 heteroatoms. The zero-order valence-electron chi connectivity index (χ0n) is 11.4. The lowest BCUT2D eigenvalue weighted by atomic mass is 9.70. The van der Waals surface area contributed by atoms with Crippen LogP contribution in [0.1, 0.15) is 77.6 Å². The van der Waals surface area contributed by atoms with Gasteiger partial charge in [0.1, 0.15) is 5.78 Å². The number of unbranched alkanes of at least 4 members (excludes halogenated alkanes) is 1. The lowest BCUT2D eigenvalue weighted by Crippen LogP contribution is -2.25. The van der Waals surface area contributed by atoms with E-state index in [1.807, 2.05) is 0 Å². The molecule has 2 aliphatic rings. The molecule has 0 N–H and O–H groups in total. The minimum Gasteiger partial charge on any atom is -0.300 e. The SMILES string of the molecule is CCCC[C@H]1CC[C@H](C2CCC(=O)CC2)CC1. The number of ketones is 1. The van der Waals surface area contributed by atoms with Gasteiger partial charge in [0.05, 0.1) is 0 Å². The van der Waals surface area contributed by atoms with E-state index in [-0.39, 0.29) is 0 Å². The number of hydrogen-bond acceptors (Lipinski definition) is 1. The fraction of sp³-hybridized carbons (Fsp3) is 0.938. The molecule has 0 spiro atoms. The van der Waals surface area contributed by atoms with Crippen molar-refractivity contribution in [1.29, 1.82) is 0 Å². The van der Waals surface area contributed by atoms with E-state index in [0.717, 1.165) is 30.6 Å². The van der Waals surface area contributed by atoms with Crippen LogP contribution in [0.3, 0.4) is 0 Å². The molecule has 17 heavy (non-hydrogen) atoms. The number of rotatable bonds is 4. The molecule has 0 aliphatic heterocycles. The Hall–Kier alpha value is -0.330. The van der Waals surface area contributed by atoms with Crippen LogP contribution in [-0.2, 0) is 4.79 Å². The van der Waals surface area contributed by atoms with Gasteiger partial charge in [0.25, 0.3) is 0 Å². The van der Waals surface area contributed by atoms with Gasteiger partial charge >= 0.3 is 0 Å². The van der Waals surface area contributed by atoms with Crippen molar-refractivity contribution in [2.75, 3.05) is 0 Å². The summed E-state index contributed by atoms with van der Waals surface area (Å²) in [6.07, 6.45) is 14.2. The minimum atomic E-state index is 0.512. The molecule has 0 amide bonds. The van der Waals surface area contributed by atoms with E-state index < -0.39 is 0 Å². The first kappa shape index (κ1) is 13.1. The van der Waals surface area contributed by atoms with Gasteiger partial charge in [0.15, 0.2) is 0 Å². The van der Waals surface area contributed by atoms with Crippen molar-refractivity contribution in [1.82, 2.24) is 0 Å². The molecule has 98 valence electrons. The summed E-state index contributed by atoms with van der Waals surface area (Å²) in [5, 5.41) is 0. The second-order valence-electron chi connectivity index (χ2n) is 6.30. The zero-order valence-corrected chi connectivity index (χ0v) is 11.4. The molecule has 0 saturated heterocycles. The molecule has 2 fully saturated rings. The largest absolute Gasteiger partial charge is 0.300 e. The maximum atomic E-state index is 11.3. The highest BCUT2D eigenvalue weighted by atomic mass is 16.1. The number of carbonyl (C=O) groups excluding carboxylic acids is 1. The molecule has 0 atom stereocenters. The summed E-state index contributed by atoms with van der Waals surface area (Å²) < 4.78 is 0. The summed E-state index contributed by atoms with van der Waals surface area (Å²) >= 11 is 0. The molecular weight excluding hydrogens is 208 g/mol. The third-order valence-electron chi connectivity index (χ3n) is 5.11. The van der Waals surface area contributed by atoms with Crippen molar-refractivity contribution in [3.8, 4) is 0 Å². The van der Waals surface area contributed by atoms with Crippen molar-refractivity contribution in [3.63, 3.8) is 0 Å². The van der Waals surface area contributed by atoms with Crippen LogP contribution in [0.4, 0.5) is 0 Å². The van der Waals surface area contributed by atoms with Crippen LogP contribution in [-0.4, -0.2) is 5.78 Å². The molecule has 2 aliphatic carbocycles. The minimum absolute atomic E-state index is 0.512. The van der Waals surface area contributed by atoms with E-state index in [1.165, 1.54) is 57.8 Å². The quantitative estimate of drug-likeness (QED) is 0.689. The molecule has 1 nitrogen and oxygen atoms in total. The first-order valence-electron chi connectivity index (χ1n) is 7.81. The molecule has 0 aromatic rings. The van der Waals surface area contributed by atoms with Crippen LogP contribution in [0.2, 0.25) is 0 Å². The summed E-state index contributed by atoms with van der Waals surface area (Å²) in [5.41, 5.74) is 0. The summed E-state index contributed by atoms with van der Waals surface area (Å²) in [5.74, 6) is 3.38. The van der Waals surface area contributed by atoms with Gasteiger partial charge in [-0.25, -0.2) is 0 Å². The van der Waals surface area contributed by atoms with Crippen LogP contribution >= 0.6 is 0 Å². The van der Waals surface area contributed by atoms with Gasteiger partial charge in [0, 0.05) is 12.8 Å². The highest BCUT2D eigenvalue weighted by Gasteiger charge is 2.29. The van der Waals surface area contributed by atoms with Crippen molar-refractivity contribution in [2.45, 2.75) is 77.6 Å². The maximum Gasteiger partial charge on any atom is 0.132 e. The molecule has 0 aromatic heterocycles. The lowest BCUT2D eigenvalue weighted by molar-refractivity contribution is -0.121. The van der Waals surface area contributed by atoms with Crippen molar-refractivity contribution in [3.05, 3.63) is 0 Å². The van der Waals surface area contributed by atoms with Crippen LogP contribution in [0.15, 0.2) is 0 Å². The average molecular weight is 236 g/mol. The Balaban J connectivity index is 1.69. The Morgan fingerprint density at radius 2 is 1.53 bits per heavy atom. The summed E-state index contributed by atoms with van der Waals surface area (Å²) in [7, 11) is 0. The van der Waals surface area contributed by atoms with Crippen molar-refractivity contribution < 1.29 is 4.79 Å². The van der Waals surface area contributed by atoms with Gasteiger partial charge in [-0.1, -0.05) is 39.0 Å². The standard InChI is InChI=1S/C16H28O/c1-2-3-4-13-5-7-14(8-6-13)15-9-11-16(17)12-10-15/h13-15H,2-12H2,1H3/t13-,14-. The zero-order chi connectivity index (χ0) is 12.1. The normalized spacial score (nSPS) is 31.7. The predicted molar refractivity (Wildman–Crippen MR) is 71.9 cm³/mol. The molecule has 2 saturated carbocycles. The van der Waals surface area contributed by atoms with Crippen LogP contribution in [0.25, 0.3) is 0 Å². The molecule has 0 radical (unpaired) electrons. The third kappa shape index (κ3) is 3.82. The fourth-order valence-electron chi connectivity index (χ4n) is 3.87.